The van der Waals surface area contributed by atoms with Crippen LogP contribution in [0.5, 0.6) is 0 Å². The van der Waals surface area contributed by atoms with Crippen molar-refractivity contribution in [2.45, 2.75) is 58.2 Å². The van der Waals surface area contributed by atoms with Gasteiger partial charge in [-0.3, -0.25) is 9.80 Å². The van der Waals surface area contributed by atoms with Gasteiger partial charge in [-0.05, 0) is 63.0 Å². The van der Waals surface area contributed by atoms with Crippen LogP contribution < -0.4 is 11.1 Å². The van der Waals surface area contributed by atoms with E-state index in [0.717, 1.165) is 19.6 Å². The van der Waals surface area contributed by atoms with Crippen LogP contribution in [-0.2, 0) is 13.1 Å². The molecule has 0 radical (unpaired) electrons. The van der Waals surface area contributed by atoms with Gasteiger partial charge in [0, 0.05) is 19.1 Å². The molecule has 5 nitrogen and oxygen atoms in total. The van der Waals surface area contributed by atoms with Crippen molar-refractivity contribution >= 4 is 29.9 Å². The summed E-state index contributed by atoms with van der Waals surface area (Å²) in [7, 11) is 0. The summed E-state index contributed by atoms with van der Waals surface area (Å²) in [6, 6.07) is 9.26. The summed E-state index contributed by atoms with van der Waals surface area (Å²) in [5.74, 6) is 0.570. The second-order valence-corrected chi connectivity index (χ2v) is 7.61. The van der Waals surface area contributed by atoms with E-state index in [1.807, 2.05) is 0 Å². The second-order valence-electron chi connectivity index (χ2n) is 7.61. The molecule has 2 fully saturated rings. The molecule has 3 rings (SSSR count). The zero-order valence-corrected chi connectivity index (χ0v) is 19.0. The zero-order valence-electron chi connectivity index (χ0n) is 16.7. The summed E-state index contributed by atoms with van der Waals surface area (Å²) in [6.07, 6.45) is 6.58. The first-order valence-corrected chi connectivity index (χ1v) is 10.3. The van der Waals surface area contributed by atoms with Gasteiger partial charge in [0.1, 0.15) is 0 Å². The Balaban J connectivity index is 0.00000261. The molecule has 1 atom stereocenters. The first kappa shape index (κ1) is 22.4. The predicted octanol–water partition coefficient (Wildman–Crippen LogP) is 3.18. The number of hydrogen-bond donors (Lipinski definition) is 2. The monoisotopic (exact) mass is 485 g/mol. The maximum absolute atomic E-state index is 6.13. The lowest BCUT2D eigenvalue weighted by Crippen LogP contribution is -2.42. The number of likely N-dealkylation sites (N-methyl/N-ethyl adjacent to an activating group) is 1. The minimum absolute atomic E-state index is 0. The molecule has 2 aliphatic heterocycles. The highest BCUT2D eigenvalue weighted by molar-refractivity contribution is 14.0. The summed E-state index contributed by atoms with van der Waals surface area (Å²) >= 11 is 0. The molecule has 0 spiro atoms. The number of halogens is 1. The number of nitrogens with one attached hydrogen (secondary N) is 1. The Kier molecular flexibility index (Phi) is 9.86. The first-order valence-electron chi connectivity index (χ1n) is 10.3. The van der Waals surface area contributed by atoms with Gasteiger partial charge < -0.3 is 11.1 Å². The Morgan fingerprint density at radius 1 is 1.11 bits per heavy atom. The van der Waals surface area contributed by atoms with Gasteiger partial charge in [0.15, 0.2) is 5.96 Å². The Morgan fingerprint density at radius 3 is 2.59 bits per heavy atom. The maximum Gasteiger partial charge on any atom is 0.188 e. The van der Waals surface area contributed by atoms with Gasteiger partial charge in [-0.25, -0.2) is 4.99 Å². The highest BCUT2D eigenvalue weighted by atomic mass is 127. The summed E-state index contributed by atoms with van der Waals surface area (Å²) in [6.45, 7) is 9.59. The number of hydrogen-bond acceptors (Lipinski definition) is 3. The molecule has 0 aliphatic carbocycles. The van der Waals surface area contributed by atoms with Crippen LogP contribution in [0, 0.1) is 0 Å². The molecule has 6 heteroatoms. The Morgan fingerprint density at radius 2 is 1.85 bits per heavy atom. The van der Waals surface area contributed by atoms with Crippen LogP contribution >= 0.6 is 24.0 Å². The van der Waals surface area contributed by atoms with Crippen molar-refractivity contribution in [3.63, 3.8) is 0 Å². The normalized spacial score (nSPS) is 21.8. The van der Waals surface area contributed by atoms with E-state index in [-0.39, 0.29) is 24.0 Å². The number of benzene rings is 1. The fourth-order valence-electron chi connectivity index (χ4n) is 4.22. The molecule has 27 heavy (non-hydrogen) atoms. The summed E-state index contributed by atoms with van der Waals surface area (Å²) in [5, 5.41) is 3.34. The largest absolute Gasteiger partial charge is 0.370 e. The van der Waals surface area contributed by atoms with E-state index >= 15 is 0 Å². The van der Waals surface area contributed by atoms with Crippen LogP contribution in [0.1, 0.15) is 50.2 Å². The van der Waals surface area contributed by atoms with Crippen LogP contribution in [0.15, 0.2) is 29.3 Å². The topological polar surface area (TPSA) is 56.9 Å². The molecule has 0 saturated carbocycles. The van der Waals surface area contributed by atoms with Crippen molar-refractivity contribution < 1.29 is 0 Å². The molecule has 3 N–H and O–H groups in total. The lowest BCUT2D eigenvalue weighted by molar-refractivity contribution is 0.220. The van der Waals surface area contributed by atoms with Gasteiger partial charge in [0.2, 0.25) is 0 Å². The molecule has 1 unspecified atom stereocenters. The number of nitrogens with two attached hydrogens (primary N) is 1. The molecule has 1 aromatic carbocycles. The fraction of sp³-hybridized carbons (Fsp3) is 0.667. The van der Waals surface area contributed by atoms with Gasteiger partial charge >= 0.3 is 0 Å². The molecule has 2 saturated heterocycles. The van der Waals surface area contributed by atoms with Crippen LogP contribution in [0.2, 0.25) is 0 Å². The summed E-state index contributed by atoms with van der Waals surface area (Å²) in [4.78, 5) is 9.69. The van der Waals surface area contributed by atoms with Crippen LogP contribution in [0.25, 0.3) is 0 Å². The lowest BCUT2D eigenvalue weighted by atomic mass is 10.1. The van der Waals surface area contributed by atoms with E-state index in [4.69, 9.17) is 5.73 Å². The Labute approximate surface area is 181 Å². The lowest BCUT2D eigenvalue weighted by Gasteiger charge is -2.27. The number of nitrogens with zero attached hydrogens (tertiary/aromatic N) is 3. The molecule has 0 bridgehead atoms. The van der Waals surface area contributed by atoms with Crippen molar-refractivity contribution in [3.8, 4) is 0 Å². The third kappa shape index (κ3) is 6.91. The van der Waals surface area contributed by atoms with E-state index in [0.29, 0.717) is 18.5 Å². The average molecular weight is 485 g/mol. The van der Waals surface area contributed by atoms with Gasteiger partial charge in [-0.15, -0.1) is 24.0 Å². The van der Waals surface area contributed by atoms with Gasteiger partial charge in [0.25, 0.3) is 0 Å². The minimum Gasteiger partial charge on any atom is -0.370 e. The molecular weight excluding hydrogens is 449 g/mol. The second kappa shape index (κ2) is 11.9. The van der Waals surface area contributed by atoms with E-state index in [2.05, 4.69) is 51.3 Å². The molecule has 152 valence electrons. The summed E-state index contributed by atoms with van der Waals surface area (Å²) < 4.78 is 0. The number of rotatable bonds is 7. The van der Waals surface area contributed by atoms with E-state index in [9.17, 15) is 0 Å². The highest BCUT2D eigenvalue weighted by Crippen LogP contribution is 2.17. The standard InChI is InChI=1S/C21H35N5.HI/c1-2-26-14-8-11-20(26)16-24-21(22)23-15-18-9-4-5-10-19(18)17-25-12-6-3-7-13-25;/h4-5,9-10,20H,2-3,6-8,11-17H2,1H3,(H3,22,23,24);1H. The third-order valence-electron chi connectivity index (χ3n) is 5.80. The first-order chi connectivity index (χ1) is 12.8. The quantitative estimate of drug-likeness (QED) is 0.354. The molecular formula is C21H36IN5. The van der Waals surface area contributed by atoms with Crippen LogP contribution in [0.3, 0.4) is 0 Å². The van der Waals surface area contributed by atoms with Crippen LogP contribution in [-0.4, -0.2) is 54.5 Å². The predicted molar refractivity (Wildman–Crippen MR) is 125 cm³/mol. The minimum atomic E-state index is 0. The molecule has 0 amide bonds. The van der Waals surface area contributed by atoms with E-state index in [1.54, 1.807) is 0 Å². The van der Waals surface area contributed by atoms with Gasteiger partial charge in [0.05, 0.1) is 6.54 Å². The third-order valence-corrected chi connectivity index (χ3v) is 5.80. The fourth-order valence-corrected chi connectivity index (χ4v) is 4.22. The van der Waals surface area contributed by atoms with Crippen molar-refractivity contribution in [2.75, 3.05) is 32.7 Å². The van der Waals surface area contributed by atoms with Gasteiger partial charge in [-0.1, -0.05) is 37.6 Å². The number of aliphatic imine (C=N–C) groups is 1. The van der Waals surface area contributed by atoms with Crippen molar-refractivity contribution in [1.82, 2.24) is 15.1 Å². The van der Waals surface area contributed by atoms with Gasteiger partial charge in [-0.2, -0.15) is 0 Å². The molecule has 2 aliphatic rings. The SMILES string of the molecule is CCN1CCCC1CNC(N)=NCc1ccccc1CN1CCCCC1.I. The Bertz CT molecular complexity index is 586. The van der Waals surface area contributed by atoms with Crippen molar-refractivity contribution in [3.05, 3.63) is 35.4 Å². The Hall–Kier alpha value is -0.860. The average Bonchev–Trinajstić information content (AvgIpc) is 3.14. The van der Waals surface area contributed by atoms with E-state index < -0.39 is 0 Å². The molecule has 1 aromatic rings. The van der Waals surface area contributed by atoms with E-state index in [1.165, 1.54) is 62.9 Å². The van der Waals surface area contributed by atoms with Crippen molar-refractivity contribution in [1.29, 1.82) is 0 Å². The van der Waals surface area contributed by atoms with Crippen molar-refractivity contribution in [2.24, 2.45) is 10.7 Å². The highest BCUT2D eigenvalue weighted by Gasteiger charge is 2.22. The molecule has 2 heterocycles. The number of piperidine rings is 1. The summed E-state index contributed by atoms with van der Waals surface area (Å²) in [5.41, 5.74) is 8.81. The molecule has 0 aromatic heterocycles. The number of likely N-dealkylation sites (tertiary alicyclic amines) is 2. The van der Waals surface area contributed by atoms with Crippen LogP contribution in [0.4, 0.5) is 0 Å². The smallest absolute Gasteiger partial charge is 0.188 e. The maximum atomic E-state index is 6.13. The number of guanidine groups is 1. The zero-order chi connectivity index (χ0) is 18.2.